The van der Waals surface area contributed by atoms with Crippen molar-refractivity contribution >= 4 is 71.2 Å². The molecule has 290 valence electrons. The average Bonchev–Trinajstić information content (AvgIpc) is 3.70. The van der Waals surface area contributed by atoms with Crippen LogP contribution in [-0.2, 0) is 0 Å². The van der Waals surface area contributed by atoms with E-state index in [2.05, 4.69) is 252 Å². The molecule has 0 unspecified atom stereocenters. The lowest BCUT2D eigenvalue weighted by Gasteiger charge is -2.28. The molecule has 0 saturated heterocycles. The van der Waals surface area contributed by atoms with Crippen LogP contribution in [0.5, 0.6) is 0 Å². The van der Waals surface area contributed by atoms with Crippen LogP contribution in [0.3, 0.4) is 0 Å². The minimum absolute atomic E-state index is 1.09. The molecular weight excluding hydrogens is 749 g/mol. The molecule has 12 aromatic rings. The Morgan fingerprint density at radius 1 is 0.306 bits per heavy atom. The predicted octanol–water partition coefficient (Wildman–Crippen LogP) is 16.7. The molecule has 0 N–H and O–H groups in total. The van der Waals surface area contributed by atoms with Crippen LogP contribution in [0.1, 0.15) is 0 Å². The van der Waals surface area contributed by atoms with Gasteiger partial charge in [0.15, 0.2) is 0 Å². The molecule has 12 rings (SSSR count). The van der Waals surface area contributed by atoms with Crippen molar-refractivity contribution in [2.24, 2.45) is 0 Å². The van der Waals surface area contributed by atoms with Crippen molar-refractivity contribution in [2.75, 3.05) is 4.90 Å². The van der Waals surface area contributed by atoms with E-state index in [0.717, 1.165) is 28.3 Å². The van der Waals surface area contributed by atoms with Gasteiger partial charge in [0.1, 0.15) is 0 Å². The van der Waals surface area contributed by atoms with E-state index in [1.165, 1.54) is 81.9 Å². The first-order valence-electron chi connectivity index (χ1n) is 21.3. The Labute approximate surface area is 360 Å². The number of aromatic nitrogens is 1. The Bertz CT molecular complexity index is 3620. The minimum Gasteiger partial charge on any atom is -0.310 e. The first-order valence-corrected chi connectivity index (χ1v) is 21.3. The van der Waals surface area contributed by atoms with E-state index >= 15 is 0 Å². The highest BCUT2D eigenvalue weighted by Crippen LogP contribution is 2.46. The van der Waals surface area contributed by atoms with Gasteiger partial charge in [-0.15, -0.1) is 0 Å². The van der Waals surface area contributed by atoms with Gasteiger partial charge in [-0.2, -0.15) is 0 Å². The fraction of sp³-hybridized carbons (Fsp3) is 0. The summed E-state index contributed by atoms with van der Waals surface area (Å²) in [4.78, 5) is 2.46. The third-order valence-electron chi connectivity index (χ3n) is 12.5. The second-order valence-corrected chi connectivity index (χ2v) is 16.1. The lowest BCUT2D eigenvalue weighted by atomic mass is 9.94. The quantitative estimate of drug-likeness (QED) is 0.146. The van der Waals surface area contributed by atoms with E-state index in [1.54, 1.807) is 0 Å². The SMILES string of the molecule is c1ccc(-c2ccccc2-c2ccc(N(c3cccc(-c4cc5ccccc5c5c4c4ccccc4n5-c4ccccc4)c3)c3cc4ccccc4c4ccccc34)cc2)cc1. The predicted molar refractivity (Wildman–Crippen MR) is 264 cm³/mol. The fourth-order valence-electron chi connectivity index (χ4n) is 9.76. The van der Waals surface area contributed by atoms with E-state index in [4.69, 9.17) is 0 Å². The first-order chi connectivity index (χ1) is 30.8. The van der Waals surface area contributed by atoms with Gasteiger partial charge in [-0.1, -0.05) is 188 Å². The third kappa shape index (κ3) is 5.88. The summed E-state index contributed by atoms with van der Waals surface area (Å²) < 4.78 is 2.45. The number of hydrogen-bond donors (Lipinski definition) is 0. The summed E-state index contributed by atoms with van der Waals surface area (Å²) in [7, 11) is 0. The molecule has 11 aromatic carbocycles. The number of rotatable bonds is 7. The van der Waals surface area contributed by atoms with E-state index < -0.39 is 0 Å². The molecule has 0 saturated carbocycles. The summed E-state index contributed by atoms with van der Waals surface area (Å²) in [5.41, 5.74) is 14.1. The zero-order valence-corrected chi connectivity index (χ0v) is 34.0. The molecule has 0 amide bonds. The molecule has 1 aromatic heterocycles. The van der Waals surface area contributed by atoms with Crippen molar-refractivity contribution in [3.05, 3.63) is 243 Å². The summed E-state index contributed by atoms with van der Waals surface area (Å²) in [5, 5.41) is 9.84. The molecule has 0 spiro atoms. The van der Waals surface area contributed by atoms with Gasteiger partial charge in [-0.05, 0) is 110 Å². The highest BCUT2D eigenvalue weighted by molar-refractivity contribution is 6.24. The van der Waals surface area contributed by atoms with Crippen molar-refractivity contribution in [2.45, 2.75) is 0 Å². The van der Waals surface area contributed by atoms with E-state index in [1.807, 2.05) is 0 Å². The van der Waals surface area contributed by atoms with Crippen molar-refractivity contribution in [3.63, 3.8) is 0 Å². The fourth-order valence-corrected chi connectivity index (χ4v) is 9.76. The van der Waals surface area contributed by atoms with Crippen LogP contribution in [0, 0.1) is 0 Å². The normalized spacial score (nSPS) is 11.5. The van der Waals surface area contributed by atoms with E-state index in [9.17, 15) is 0 Å². The van der Waals surface area contributed by atoms with Crippen LogP contribution in [0.25, 0.3) is 93.2 Å². The molecule has 0 fully saturated rings. The number of hydrogen-bond acceptors (Lipinski definition) is 1. The second kappa shape index (κ2) is 14.8. The van der Waals surface area contributed by atoms with Gasteiger partial charge in [-0.3, -0.25) is 0 Å². The number of fused-ring (bicyclic) bond motifs is 8. The van der Waals surface area contributed by atoms with E-state index in [-0.39, 0.29) is 0 Å². The Morgan fingerprint density at radius 3 is 1.60 bits per heavy atom. The highest BCUT2D eigenvalue weighted by atomic mass is 15.1. The zero-order chi connectivity index (χ0) is 41.0. The highest BCUT2D eigenvalue weighted by Gasteiger charge is 2.22. The van der Waals surface area contributed by atoms with Crippen LogP contribution < -0.4 is 4.90 Å². The second-order valence-electron chi connectivity index (χ2n) is 16.1. The van der Waals surface area contributed by atoms with Gasteiger partial charge in [0, 0.05) is 38.6 Å². The molecule has 62 heavy (non-hydrogen) atoms. The standard InChI is InChI=1S/C60H40N2/c1-3-18-41(19-4-1)49-26-11-12-27-50(49)42-34-36-47(37-35-42)61(58-40-45-21-7-9-28-51(45)53-30-13-14-31-54(53)58)48-25-17-22-43(38-48)56-39-44-20-8-10-29-52(44)60-59(56)55-32-15-16-33-57(55)62(60)46-23-5-2-6-24-46/h1-40H. The summed E-state index contributed by atoms with van der Waals surface area (Å²) >= 11 is 0. The Hall–Kier alpha value is -8.20. The van der Waals surface area contributed by atoms with Gasteiger partial charge in [0.25, 0.3) is 0 Å². The molecule has 0 aliphatic carbocycles. The molecule has 2 nitrogen and oxygen atoms in total. The van der Waals surface area contributed by atoms with Crippen molar-refractivity contribution < 1.29 is 0 Å². The van der Waals surface area contributed by atoms with Crippen LogP contribution in [-0.4, -0.2) is 4.57 Å². The summed E-state index contributed by atoms with van der Waals surface area (Å²) in [6, 6.07) is 88.5. The largest absolute Gasteiger partial charge is 0.310 e. The molecule has 1 heterocycles. The van der Waals surface area contributed by atoms with Gasteiger partial charge < -0.3 is 9.47 Å². The Balaban J connectivity index is 1.10. The smallest absolute Gasteiger partial charge is 0.0625 e. The maximum absolute atomic E-state index is 2.46. The van der Waals surface area contributed by atoms with Gasteiger partial charge in [0.05, 0.1) is 16.7 Å². The molecule has 0 bridgehead atoms. The van der Waals surface area contributed by atoms with Crippen LogP contribution in [0.4, 0.5) is 17.1 Å². The number of benzene rings is 11. The lowest BCUT2D eigenvalue weighted by Crippen LogP contribution is -2.11. The van der Waals surface area contributed by atoms with Gasteiger partial charge in [0.2, 0.25) is 0 Å². The zero-order valence-electron chi connectivity index (χ0n) is 34.0. The number of nitrogens with zero attached hydrogens (tertiary/aromatic N) is 2. The Morgan fingerprint density at radius 2 is 0.855 bits per heavy atom. The lowest BCUT2D eigenvalue weighted by molar-refractivity contribution is 1.19. The molecular formula is C60H40N2. The van der Waals surface area contributed by atoms with Crippen LogP contribution in [0.2, 0.25) is 0 Å². The van der Waals surface area contributed by atoms with Crippen LogP contribution >= 0.6 is 0 Å². The molecule has 0 aliphatic rings. The monoisotopic (exact) mass is 788 g/mol. The molecule has 0 aliphatic heterocycles. The first kappa shape index (κ1) is 35.7. The van der Waals surface area contributed by atoms with Gasteiger partial charge in [-0.25, -0.2) is 0 Å². The summed E-state index contributed by atoms with van der Waals surface area (Å²) in [6.07, 6.45) is 0. The third-order valence-corrected chi connectivity index (χ3v) is 12.5. The van der Waals surface area contributed by atoms with Crippen molar-refractivity contribution in [1.82, 2.24) is 4.57 Å². The maximum Gasteiger partial charge on any atom is 0.0625 e. The van der Waals surface area contributed by atoms with Gasteiger partial charge >= 0.3 is 0 Å². The molecule has 2 heteroatoms. The van der Waals surface area contributed by atoms with Crippen LogP contribution in [0.15, 0.2) is 243 Å². The maximum atomic E-state index is 2.46. The topological polar surface area (TPSA) is 8.17 Å². The van der Waals surface area contributed by atoms with E-state index in [0.29, 0.717) is 0 Å². The average molecular weight is 789 g/mol. The summed E-state index contributed by atoms with van der Waals surface area (Å²) in [6.45, 7) is 0. The molecule has 0 atom stereocenters. The Kier molecular flexibility index (Phi) is 8.53. The number of anilines is 3. The summed E-state index contributed by atoms with van der Waals surface area (Å²) in [5.74, 6) is 0. The molecule has 0 radical (unpaired) electrons. The number of para-hydroxylation sites is 2. The minimum atomic E-state index is 1.09. The van der Waals surface area contributed by atoms with Crippen molar-refractivity contribution in [1.29, 1.82) is 0 Å². The van der Waals surface area contributed by atoms with Crippen molar-refractivity contribution in [3.8, 4) is 39.1 Å².